The maximum absolute atomic E-state index is 12.0. The molecule has 1 aliphatic rings. The topological polar surface area (TPSA) is 75.4 Å². The zero-order valence-corrected chi connectivity index (χ0v) is 11.8. The second-order valence-electron chi connectivity index (χ2n) is 5.68. The molecular weight excluding hydrogens is 252 g/mol. The van der Waals surface area contributed by atoms with Crippen molar-refractivity contribution in [2.24, 2.45) is 17.6 Å². The largest absolute Gasteiger partial charge is 0.396 e. The zero-order chi connectivity index (χ0) is 14.4. The molecule has 0 saturated heterocycles. The first kappa shape index (κ1) is 15.0. The lowest BCUT2D eigenvalue weighted by atomic mass is 9.97. The van der Waals surface area contributed by atoms with Gasteiger partial charge in [0.15, 0.2) is 0 Å². The Bertz CT molecular complexity index is 422. The minimum absolute atomic E-state index is 0.0996. The van der Waals surface area contributed by atoms with Crippen molar-refractivity contribution in [1.82, 2.24) is 5.32 Å². The minimum atomic E-state index is -0.508. The van der Waals surface area contributed by atoms with Gasteiger partial charge in [0.1, 0.15) is 0 Å². The van der Waals surface area contributed by atoms with Crippen molar-refractivity contribution < 1.29 is 9.90 Å². The molecule has 4 N–H and O–H groups in total. The molecule has 0 aliphatic heterocycles. The van der Waals surface area contributed by atoms with Crippen molar-refractivity contribution in [2.75, 3.05) is 13.2 Å². The number of benzene rings is 1. The van der Waals surface area contributed by atoms with Gasteiger partial charge in [-0.3, -0.25) is 4.79 Å². The molecule has 4 heteroatoms. The monoisotopic (exact) mass is 276 g/mol. The third-order valence-electron chi connectivity index (χ3n) is 4.22. The Balaban J connectivity index is 1.77. The molecule has 3 atom stereocenters. The molecule has 0 radical (unpaired) electrons. The Labute approximate surface area is 120 Å². The van der Waals surface area contributed by atoms with Crippen LogP contribution in [0.3, 0.4) is 0 Å². The van der Waals surface area contributed by atoms with E-state index in [2.05, 4.69) is 5.32 Å². The van der Waals surface area contributed by atoms with Crippen LogP contribution in [0.1, 0.15) is 24.8 Å². The summed E-state index contributed by atoms with van der Waals surface area (Å²) in [6.07, 6.45) is 3.84. The van der Waals surface area contributed by atoms with Gasteiger partial charge in [-0.05, 0) is 36.7 Å². The molecule has 110 valence electrons. The summed E-state index contributed by atoms with van der Waals surface area (Å²) in [7, 11) is 0. The van der Waals surface area contributed by atoms with E-state index in [4.69, 9.17) is 5.73 Å². The summed E-state index contributed by atoms with van der Waals surface area (Å²) in [6.45, 7) is 0.850. The van der Waals surface area contributed by atoms with Gasteiger partial charge >= 0.3 is 0 Å². The second-order valence-corrected chi connectivity index (χ2v) is 5.68. The number of nitrogens with two attached hydrogens (primary N) is 1. The van der Waals surface area contributed by atoms with Crippen LogP contribution in [0.5, 0.6) is 0 Å². The smallest absolute Gasteiger partial charge is 0.237 e. The van der Waals surface area contributed by atoms with Gasteiger partial charge in [0.25, 0.3) is 0 Å². The Morgan fingerprint density at radius 1 is 1.30 bits per heavy atom. The normalized spacial score (nSPS) is 23.5. The molecule has 20 heavy (non-hydrogen) atoms. The summed E-state index contributed by atoms with van der Waals surface area (Å²) in [5.41, 5.74) is 7.01. The number of hydrogen-bond acceptors (Lipinski definition) is 3. The molecule has 1 saturated carbocycles. The fourth-order valence-electron chi connectivity index (χ4n) is 2.95. The summed E-state index contributed by atoms with van der Waals surface area (Å²) in [5, 5.41) is 12.2. The molecule has 4 nitrogen and oxygen atoms in total. The van der Waals surface area contributed by atoms with Crippen molar-refractivity contribution in [3.05, 3.63) is 35.9 Å². The van der Waals surface area contributed by atoms with Gasteiger partial charge in [-0.2, -0.15) is 0 Å². The van der Waals surface area contributed by atoms with Crippen molar-refractivity contribution in [1.29, 1.82) is 0 Å². The van der Waals surface area contributed by atoms with E-state index in [1.165, 1.54) is 0 Å². The predicted molar refractivity (Wildman–Crippen MR) is 79.0 cm³/mol. The maximum Gasteiger partial charge on any atom is 0.237 e. The van der Waals surface area contributed by atoms with E-state index in [-0.39, 0.29) is 12.5 Å². The highest BCUT2D eigenvalue weighted by Gasteiger charge is 2.27. The fourth-order valence-corrected chi connectivity index (χ4v) is 2.95. The number of aliphatic hydroxyl groups excluding tert-OH is 1. The van der Waals surface area contributed by atoms with Crippen molar-refractivity contribution in [3.63, 3.8) is 0 Å². The summed E-state index contributed by atoms with van der Waals surface area (Å²) in [6, 6.07) is 9.29. The molecule has 1 fully saturated rings. The third kappa shape index (κ3) is 4.05. The maximum atomic E-state index is 12.0. The first-order chi connectivity index (χ1) is 9.70. The van der Waals surface area contributed by atoms with E-state index in [1.54, 1.807) is 0 Å². The summed E-state index contributed by atoms with van der Waals surface area (Å²) in [4.78, 5) is 12.0. The minimum Gasteiger partial charge on any atom is -0.396 e. The Kier molecular flexibility index (Phi) is 5.56. The van der Waals surface area contributed by atoms with Gasteiger partial charge in [-0.15, -0.1) is 0 Å². The summed E-state index contributed by atoms with van der Waals surface area (Å²) < 4.78 is 0. The van der Waals surface area contributed by atoms with Crippen molar-refractivity contribution >= 4 is 5.91 Å². The molecule has 0 bridgehead atoms. The number of rotatable bonds is 6. The van der Waals surface area contributed by atoms with Gasteiger partial charge in [0, 0.05) is 13.2 Å². The SMILES string of the molecule is N[C@H](Cc1ccccc1)C(=O)NCC1CCCC1CO. The van der Waals surface area contributed by atoms with E-state index in [0.717, 1.165) is 24.8 Å². The average molecular weight is 276 g/mol. The highest BCUT2D eigenvalue weighted by atomic mass is 16.3. The molecular formula is C16H24N2O2. The van der Waals surface area contributed by atoms with E-state index >= 15 is 0 Å². The second kappa shape index (κ2) is 7.41. The number of carbonyl (C=O) groups excluding carboxylic acids is 1. The molecule has 1 aliphatic carbocycles. The lowest BCUT2D eigenvalue weighted by molar-refractivity contribution is -0.122. The number of amides is 1. The first-order valence-electron chi connectivity index (χ1n) is 7.38. The predicted octanol–water partition coefficient (Wildman–Crippen LogP) is 1.08. The van der Waals surface area contributed by atoms with Crippen LogP contribution in [0.25, 0.3) is 0 Å². The lowest BCUT2D eigenvalue weighted by Crippen LogP contribution is -2.44. The van der Waals surface area contributed by atoms with E-state index in [9.17, 15) is 9.90 Å². The van der Waals surface area contributed by atoms with Crippen LogP contribution in [0, 0.1) is 11.8 Å². The van der Waals surface area contributed by atoms with Crippen LogP contribution in [0.15, 0.2) is 30.3 Å². The number of aliphatic hydroxyl groups is 1. The fraction of sp³-hybridized carbons (Fsp3) is 0.562. The zero-order valence-electron chi connectivity index (χ0n) is 11.8. The Morgan fingerprint density at radius 2 is 2.00 bits per heavy atom. The molecule has 0 heterocycles. The van der Waals surface area contributed by atoms with Crippen LogP contribution in [-0.4, -0.2) is 30.2 Å². The lowest BCUT2D eigenvalue weighted by Gasteiger charge is -2.19. The Morgan fingerprint density at radius 3 is 2.70 bits per heavy atom. The van der Waals surface area contributed by atoms with Gasteiger partial charge in [-0.25, -0.2) is 0 Å². The van der Waals surface area contributed by atoms with E-state index < -0.39 is 6.04 Å². The van der Waals surface area contributed by atoms with Gasteiger partial charge in [0.2, 0.25) is 5.91 Å². The molecule has 1 aromatic carbocycles. The van der Waals surface area contributed by atoms with Crippen LogP contribution < -0.4 is 11.1 Å². The van der Waals surface area contributed by atoms with Gasteiger partial charge in [-0.1, -0.05) is 36.8 Å². The molecule has 0 spiro atoms. The van der Waals surface area contributed by atoms with Gasteiger partial charge in [0.05, 0.1) is 6.04 Å². The highest BCUT2D eigenvalue weighted by molar-refractivity contribution is 5.81. The quantitative estimate of drug-likeness (QED) is 0.728. The van der Waals surface area contributed by atoms with Crippen LogP contribution in [-0.2, 0) is 11.2 Å². The standard InChI is InChI=1S/C16H24N2O2/c17-15(9-12-5-2-1-3-6-12)16(20)18-10-13-7-4-8-14(13)11-19/h1-3,5-6,13-15,19H,4,7-11,17H2,(H,18,20)/t13?,14?,15-/m1/s1. The number of nitrogens with one attached hydrogen (secondary N) is 1. The number of hydrogen-bond donors (Lipinski definition) is 3. The first-order valence-corrected chi connectivity index (χ1v) is 7.38. The molecule has 2 rings (SSSR count). The van der Waals surface area contributed by atoms with Gasteiger partial charge < -0.3 is 16.2 Å². The van der Waals surface area contributed by atoms with Crippen molar-refractivity contribution in [2.45, 2.75) is 31.7 Å². The molecule has 1 aromatic rings. The summed E-state index contributed by atoms with van der Waals surface area (Å²) >= 11 is 0. The molecule has 2 unspecified atom stereocenters. The van der Waals surface area contributed by atoms with E-state index in [0.29, 0.717) is 24.8 Å². The third-order valence-corrected chi connectivity index (χ3v) is 4.22. The van der Waals surface area contributed by atoms with E-state index in [1.807, 2.05) is 30.3 Å². The van der Waals surface area contributed by atoms with Crippen LogP contribution >= 0.6 is 0 Å². The highest BCUT2D eigenvalue weighted by Crippen LogP contribution is 2.30. The van der Waals surface area contributed by atoms with Crippen LogP contribution in [0.2, 0.25) is 0 Å². The van der Waals surface area contributed by atoms with Crippen LogP contribution in [0.4, 0.5) is 0 Å². The van der Waals surface area contributed by atoms with Crippen molar-refractivity contribution in [3.8, 4) is 0 Å². The Hall–Kier alpha value is -1.39. The molecule has 1 amide bonds. The average Bonchev–Trinajstić information content (AvgIpc) is 2.93. The molecule has 0 aromatic heterocycles. The number of carbonyl (C=O) groups is 1. The summed E-state index contributed by atoms with van der Waals surface area (Å²) in [5.74, 6) is 0.631.